The van der Waals surface area contributed by atoms with Crippen molar-refractivity contribution in [1.29, 1.82) is 0 Å². The maximum absolute atomic E-state index is 11.4. The van der Waals surface area contributed by atoms with Gasteiger partial charge in [0.05, 0.1) is 12.8 Å². The van der Waals surface area contributed by atoms with Crippen molar-refractivity contribution in [3.05, 3.63) is 36.0 Å². The number of imidazole rings is 1. The fourth-order valence-corrected chi connectivity index (χ4v) is 1.50. The van der Waals surface area contributed by atoms with Gasteiger partial charge in [0.2, 0.25) is 0 Å². The second-order valence-electron chi connectivity index (χ2n) is 3.50. The third-order valence-electron chi connectivity index (χ3n) is 2.34. The van der Waals surface area contributed by atoms with Crippen molar-refractivity contribution in [3.63, 3.8) is 0 Å². The van der Waals surface area contributed by atoms with Gasteiger partial charge in [-0.3, -0.25) is 9.55 Å². The van der Waals surface area contributed by atoms with Gasteiger partial charge in [0, 0.05) is 11.9 Å². The van der Waals surface area contributed by atoms with E-state index in [2.05, 4.69) is 14.7 Å². The average molecular weight is 232 g/mol. The van der Waals surface area contributed by atoms with E-state index in [1.807, 2.05) is 13.0 Å². The van der Waals surface area contributed by atoms with Crippen LogP contribution in [0.4, 0.5) is 5.82 Å². The van der Waals surface area contributed by atoms with Crippen LogP contribution in [0.5, 0.6) is 0 Å². The number of anilines is 1. The van der Waals surface area contributed by atoms with E-state index in [4.69, 9.17) is 5.73 Å². The lowest BCUT2D eigenvalue weighted by atomic mass is 10.3. The molecule has 0 saturated heterocycles. The fraction of sp³-hybridized carbons (Fsp3) is 0.182. The molecule has 6 nitrogen and oxygen atoms in total. The number of nitrogens with two attached hydrogens (primary N) is 1. The minimum atomic E-state index is -0.549. The van der Waals surface area contributed by atoms with E-state index >= 15 is 0 Å². The number of hydrogen-bond acceptors (Lipinski definition) is 5. The lowest BCUT2D eigenvalue weighted by Crippen LogP contribution is -2.07. The van der Waals surface area contributed by atoms with Crippen molar-refractivity contribution in [2.75, 3.05) is 12.8 Å². The van der Waals surface area contributed by atoms with Gasteiger partial charge in [0.15, 0.2) is 5.69 Å². The number of pyridine rings is 1. The van der Waals surface area contributed by atoms with E-state index in [9.17, 15) is 4.79 Å². The highest BCUT2D eigenvalue weighted by Gasteiger charge is 2.16. The number of aromatic nitrogens is 3. The van der Waals surface area contributed by atoms with Crippen molar-refractivity contribution in [2.24, 2.45) is 0 Å². The van der Waals surface area contributed by atoms with E-state index in [1.54, 1.807) is 16.8 Å². The average Bonchev–Trinajstić information content (AvgIpc) is 2.70. The minimum Gasteiger partial charge on any atom is -0.464 e. The lowest BCUT2D eigenvalue weighted by molar-refractivity contribution is 0.0596. The molecule has 2 aromatic heterocycles. The van der Waals surface area contributed by atoms with Crippen LogP contribution in [0.2, 0.25) is 0 Å². The van der Waals surface area contributed by atoms with E-state index in [-0.39, 0.29) is 11.5 Å². The molecule has 2 aromatic rings. The molecule has 2 N–H and O–H groups in total. The number of hydrogen-bond donors (Lipinski definition) is 1. The van der Waals surface area contributed by atoms with Crippen molar-refractivity contribution in [2.45, 2.75) is 6.92 Å². The largest absolute Gasteiger partial charge is 0.464 e. The van der Waals surface area contributed by atoms with Crippen LogP contribution in [-0.2, 0) is 4.74 Å². The zero-order chi connectivity index (χ0) is 12.4. The van der Waals surface area contributed by atoms with Crippen LogP contribution in [-0.4, -0.2) is 27.6 Å². The Labute approximate surface area is 98.1 Å². The number of nitrogens with zero attached hydrogens (tertiary/aromatic N) is 3. The SMILES string of the molecule is COC(=O)c1ncn(-c2ccnc(C)c2)c1N. The molecule has 6 heteroatoms. The molecule has 0 amide bonds. The van der Waals surface area contributed by atoms with Crippen molar-refractivity contribution >= 4 is 11.8 Å². The lowest BCUT2D eigenvalue weighted by Gasteiger charge is -2.05. The Morgan fingerprint density at radius 3 is 2.88 bits per heavy atom. The van der Waals surface area contributed by atoms with Gasteiger partial charge in [-0.2, -0.15) is 0 Å². The summed E-state index contributed by atoms with van der Waals surface area (Å²) in [5, 5.41) is 0. The van der Waals surface area contributed by atoms with Crippen LogP contribution in [0.1, 0.15) is 16.2 Å². The standard InChI is InChI=1S/C11H12N4O2/c1-7-5-8(3-4-13-7)15-6-14-9(10(15)12)11(16)17-2/h3-6H,12H2,1-2H3. The molecule has 0 unspecified atom stereocenters. The molecule has 0 radical (unpaired) electrons. The summed E-state index contributed by atoms with van der Waals surface area (Å²) in [4.78, 5) is 19.4. The van der Waals surface area contributed by atoms with E-state index in [0.717, 1.165) is 11.4 Å². The van der Waals surface area contributed by atoms with Gasteiger partial charge in [0.25, 0.3) is 0 Å². The molecule has 0 aliphatic carbocycles. The number of carbonyl (C=O) groups is 1. The van der Waals surface area contributed by atoms with Crippen LogP contribution in [0, 0.1) is 6.92 Å². The smallest absolute Gasteiger partial charge is 0.360 e. The molecule has 2 rings (SSSR count). The molecule has 0 aliphatic heterocycles. The van der Waals surface area contributed by atoms with E-state index in [0.29, 0.717) is 0 Å². The molecule has 0 saturated carbocycles. The maximum Gasteiger partial charge on any atom is 0.360 e. The van der Waals surface area contributed by atoms with Crippen LogP contribution >= 0.6 is 0 Å². The van der Waals surface area contributed by atoms with Gasteiger partial charge < -0.3 is 10.5 Å². The topological polar surface area (TPSA) is 83.0 Å². The van der Waals surface area contributed by atoms with Crippen LogP contribution in [0.25, 0.3) is 5.69 Å². The van der Waals surface area contributed by atoms with Crippen LogP contribution in [0.15, 0.2) is 24.7 Å². The first-order valence-electron chi connectivity index (χ1n) is 4.97. The highest BCUT2D eigenvalue weighted by Crippen LogP contribution is 2.17. The second-order valence-corrected chi connectivity index (χ2v) is 3.50. The Balaban J connectivity index is 2.48. The molecule has 0 spiro atoms. The molecular formula is C11H12N4O2. The van der Waals surface area contributed by atoms with Crippen molar-refractivity contribution in [3.8, 4) is 5.69 Å². The Kier molecular flexibility index (Phi) is 2.78. The molecule has 0 fully saturated rings. The summed E-state index contributed by atoms with van der Waals surface area (Å²) >= 11 is 0. The number of carbonyl (C=O) groups excluding carboxylic acids is 1. The number of ether oxygens (including phenoxy) is 1. The molecule has 0 aromatic carbocycles. The van der Waals surface area contributed by atoms with Crippen molar-refractivity contribution < 1.29 is 9.53 Å². The quantitative estimate of drug-likeness (QED) is 0.779. The predicted molar refractivity (Wildman–Crippen MR) is 61.8 cm³/mol. The minimum absolute atomic E-state index is 0.113. The third-order valence-corrected chi connectivity index (χ3v) is 2.34. The second kappa shape index (κ2) is 4.25. The first kappa shape index (κ1) is 11.1. The molecule has 2 heterocycles. The zero-order valence-corrected chi connectivity index (χ0v) is 9.54. The van der Waals surface area contributed by atoms with Gasteiger partial charge in [-0.05, 0) is 19.1 Å². The number of aryl methyl sites for hydroxylation is 1. The fourth-order valence-electron chi connectivity index (χ4n) is 1.50. The van der Waals surface area contributed by atoms with Gasteiger partial charge in [-0.1, -0.05) is 0 Å². The zero-order valence-electron chi connectivity index (χ0n) is 9.54. The Morgan fingerprint density at radius 1 is 1.47 bits per heavy atom. The monoisotopic (exact) mass is 232 g/mol. The number of rotatable bonds is 2. The van der Waals surface area contributed by atoms with E-state index < -0.39 is 5.97 Å². The maximum atomic E-state index is 11.4. The van der Waals surface area contributed by atoms with E-state index in [1.165, 1.54) is 13.4 Å². The number of esters is 1. The summed E-state index contributed by atoms with van der Waals surface area (Å²) in [6, 6.07) is 3.63. The molecule has 17 heavy (non-hydrogen) atoms. The normalized spacial score (nSPS) is 10.2. The third kappa shape index (κ3) is 1.96. The summed E-state index contributed by atoms with van der Waals surface area (Å²) in [6.07, 6.45) is 3.15. The molecular weight excluding hydrogens is 220 g/mol. The van der Waals surface area contributed by atoms with Crippen LogP contribution in [0.3, 0.4) is 0 Å². The van der Waals surface area contributed by atoms with Crippen molar-refractivity contribution in [1.82, 2.24) is 14.5 Å². The first-order valence-corrected chi connectivity index (χ1v) is 4.97. The summed E-state index contributed by atoms with van der Waals surface area (Å²) in [7, 11) is 1.29. The summed E-state index contributed by atoms with van der Waals surface area (Å²) in [5.41, 5.74) is 7.61. The highest BCUT2D eigenvalue weighted by molar-refractivity contribution is 5.92. The van der Waals surface area contributed by atoms with Gasteiger partial charge in [-0.25, -0.2) is 9.78 Å². The molecule has 88 valence electrons. The summed E-state index contributed by atoms with van der Waals surface area (Å²) in [6.45, 7) is 1.87. The van der Waals surface area contributed by atoms with Crippen LogP contribution < -0.4 is 5.73 Å². The van der Waals surface area contributed by atoms with Gasteiger partial charge >= 0.3 is 5.97 Å². The Morgan fingerprint density at radius 2 is 2.24 bits per heavy atom. The van der Waals surface area contributed by atoms with Gasteiger partial charge in [0.1, 0.15) is 12.1 Å². The number of nitrogen functional groups attached to an aromatic ring is 1. The Hall–Kier alpha value is -2.37. The highest BCUT2D eigenvalue weighted by atomic mass is 16.5. The summed E-state index contributed by atoms with van der Waals surface area (Å²) in [5.74, 6) is -0.297. The first-order chi connectivity index (χ1) is 8.13. The Bertz CT molecular complexity index is 562. The predicted octanol–water partition coefficient (Wildman–Crippen LogP) is 0.945. The molecule has 0 aliphatic rings. The summed E-state index contributed by atoms with van der Waals surface area (Å²) < 4.78 is 6.19. The number of methoxy groups -OCH3 is 1. The molecule has 0 bridgehead atoms. The van der Waals surface area contributed by atoms with Gasteiger partial charge in [-0.15, -0.1) is 0 Å². The molecule has 0 atom stereocenters.